The van der Waals surface area contributed by atoms with Crippen molar-refractivity contribution >= 4 is 40.3 Å². The minimum atomic E-state index is -1.16. The molecule has 1 heterocycles. The number of hydrogen-bond acceptors (Lipinski definition) is 5. The Hall–Kier alpha value is -3.63. The molecule has 10 nitrogen and oxygen atoms in total. The molecular formula is C27H34ClN5O5. The van der Waals surface area contributed by atoms with Crippen LogP contribution < -0.4 is 16.2 Å². The third-order valence-electron chi connectivity index (χ3n) is 6.08. The number of carbonyl (C=O) groups is 2. The van der Waals surface area contributed by atoms with Crippen molar-refractivity contribution in [1.82, 2.24) is 19.8 Å². The number of nitrogens with zero attached hydrogens (tertiary/aromatic N) is 3. The van der Waals surface area contributed by atoms with E-state index >= 15 is 0 Å². The van der Waals surface area contributed by atoms with Crippen LogP contribution in [0.2, 0.25) is 5.02 Å². The third kappa shape index (κ3) is 6.25. The Balaban J connectivity index is 2.15. The molecule has 0 radical (unpaired) electrons. The predicted octanol–water partition coefficient (Wildman–Crippen LogP) is 5.02. The smallest absolute Gasteiger partial charge is 0.408 e. The summed E-state index contributed by atoms with van der Waals surface area (Å²) in [6, 6.07) is 10.2. The molecule has 0 fully saturated rings. The zero-order chi connectivity index (χ0) is 28.4. The summed E-state index contributed by atoms with van der Waals surface area (Å²) < 4.78 is 1.33. The highest BCUT2D eigenvalue weighted by atomic mass is 35.5. The van der Waals surface area contributed by atoms with Gasteiger partial charge < -0.3 is 20.8 Å². The molecule has 3 aromatic rings. The number of anilines is 1. The molecule has 0 unspecified atom stereocenters. The lowest BCUT2D eigenvalue weighted by atomic mass is 9.95. The number of nitrogens with one attached hydrogen (secondary N) is 2. The van der Waals surface area contributed by atoms with E-state index in [1.165, 1.54) is 9.47 Å². The molecule has 4 N–H and O–H groups in total. The second-order valence-electron chi connectivity index (χ2n) is 10.9. The van der Waals surface area contributed by atoms with Crippen molar-refractivity contribution in [3.8, 4) is 5.69 Å². The highest BCUT2D eigenvalue weighted by molar-refractivity contribution is 6.35. The molecule has 0 aliphatic rings. The lowest BCUT2D eigenvalue weighted by molar-refractivity contribution is 0.0719. The number of urea groups is 1. The van der Waals surface area contributed by atoms with Gasteiger partial charge in [-0.25, -0.2) is 14.6 Å². The Bertz CT molecular complexity index is 1410. The Labute approximate surface area is 226 Å². The number of halogens is 1. The van der Waals surface area contributed by atoms with E-state index < -0.39 is 34.7 Å². The fraction of sp³-hybridized carbons (Fsp3) is 0.407. The van der Waals surface area contributed by atoms with Crippen molar-refractivity contribution in [2.24, 2.45) is 5.41 Å². The molecule has 204 valence electrons. The fourth-order valence-corrected chi connectivity index (χ4v) is 4.41. The van der Waals surface area contributed by atoms with Gasteiger partial charge in [0.1, 0.15) is 5.82 Å². The summed E-state index contributed by atoms with van der Waals surface area (Å²) in [5.41, 5.74) is -0.623. The maximum Gasteiger partial charge on any atom is 0.408 e. The van der Waals surface area contributed by atoms with Gasteiger partial charge in [0.15, 0.2) is 0 Å². The van der Waals surface area contributed by atoms with Crippen molar-refractivity contribution in [2.75, 3.05) is 18.5 Å². The summed E-state index contributed by atoms with van der Waals surface area (Å²) in [6.07, 6.45) is -1.16. The summed E-state index contributed by atoms with van der Waals surface area (Å²) >= 11 is 6.38. The number of aromatic nitrogens is 2. The first kappa shape index (κ1) is 28.9. The lowest BCUT2D eigenvalue weighted by Crippen LogP contribution is -2.47. The average Bonchev–Trinajstić information content (AvgIpc) is 2.81. The number of hydrogen-bond donors (Lipinski definition) is 4. The summed E-state index contributed by atoms with van der Waals surface area (Å²) in [7, 11) is 0. The van der Waals surface area contributed by atoms with E-state index in [0.717, 1.165) is 0 Å². The number of carboxylic acid groups (broad SMARTS) is 1. The second kappa shape index (κ2) is 11.0. The first-order valence-electron chi connectivity index (χ1n) is 12.2. The van der Waals surface area contributed by atoms with Crippen molar-refractivity contribution in [3.63, 3.8) is 0 Å². The van der Waals surface area contributed by atoms with Gasteiger partial charge in [0, 0.05) is 29.8 Å². The number of aliphatic hydroxyl groups is 1. The van der Waals surface area contributed by atoms with Crippen LogP contribution >= 0.6 is 11.6 Å². The lowest BCUT2D eigenvalue weighted by Gasteiger charge is -2.38. The predicted molar refractivity (Wildman–Crippen MR) is 148 cm³/mol. The molecule has 0 aliphatic carbocycles. The summed E-state index contributed by atoms with van der Waals surface area (Å²) in [6.45, 7) is 10.8. The number of carbonyl (C=O) groups excluding carboxylic acids is 1. The Morgan fingerprint density at radius 2 is 1.79 bits per heavy atom. The van der Waals surface area contributed by atoms with Crippen LogP contribution in [0, 0.1) is 5.41 Å². The van der Waals surface area contributed by atoms with Crippen LogP contribution in [0.3, 0.4) is 0 Å². The first-order valence-corrected chi connectivity index (χ1v) is 12.5. The van der Waals surface area contributed by atoms with E-state index in [1.54, 1.807) is 70.2 Å². The van der Waals surface area contributed by atoms with Gasteiger partial charge in [0.05, 0.1) is 27.7 Å². The minimum Gasteiger partial charge on any atom is -0.465 e. The molecule has 2 aromatic carbocycles. The number of aliphatic hydroxyl groups excluding tert-OH is 1. The van der Waals surface area contributed by atoms with E-state index in [9.17, 15) is 24.6 Å². The summed E-state index contributed by atoms with van der Waals surface area (Å²) in [4.78, 5) is 44.5. The summed E-state index contributed by atoms with van der Waals surface area (Å²) in [5.74, 6) is 0.202. The molecule has 1 atom stereocenters. The number of benzene rings is 2. The number of amides is 3. The van der Waals surface area contributed by atoms with E-state index in [0.29, 0.717) is 16.9 Å². The SMILES string of the molecule is C[C@@H](c1nc2cccc(Cl)c2c(=O)n1-c1cccc(NC(=O)NCC(C)(C)CO)c1)N(C(=O)O)C(C)(C)C. The van der Waals surface area contributed by atoms with Crippen LogP contribution in [-0.4, -0.2) is 55.5 Å². The molecular weight excluding hydrogens is 510 g/mol. The number of rotatable bonds is 7. The van der Waals surface area contributed by atoms with Crippen LogP contribution in [0.4, 0.5) is 15.3 Å². The zero-order valence-electron chi connectivity index (χ0n) is 22.4. The molecule has 0 saturated carbocycles. The molecule has 0 aliphatic heterocycles. The monoisotopic (exact) mass is 543 g/mol. The van der Waals surface area contributed by atoms with Crippen molar-refractivity contribution < 1.29 is 19.8 Å². The molecule has 1 aromatic heterocycles. The molecule has 0 saturated heterocycles. The van der Waals surface area contributed by atoms with Gasteiger partial charge >= 0.3 is 12.1 Å². The Morgan fingerprint density at radius 1 is 1.13 bits per heavy atom. The molecule has 0 bridgehead atoms. The van der Waals surface area contributed by atoms with Crippen LogP contribution in [0.25, 0.3) is 16.6 Å². The standard InChI is InChI=1S/C27H34ClN5O5/c1-16(33(25(37)38)26(2,3)4)22-31-20-12-8-11-19(28)21(20)23(35)32(22)18-10-7-9-17(13-18)30-24(36)29-14-27(5,6)15-34/h7-13,16,34H,14-15H2,1-6H3,(H,37,38)(H2,29,30,36)/t16-/m0/s1. The zero-order valence-corrected chi connectivity index (χ0v) is 23.1. The van der Waals surface area contributed by atoms with Gasteiger partial charge in [-0.3, -0.25) is 14.3 Å². The summed E-state index contributed by atoms with van der Waals surface area (Å²) in [5, 5.41) is 25.3. The van der Waals surface area contributed by atoms with E-state index in [4.69, 9.17) is 16.6 Å². The van der Waals surface area contributed by atoms with Crippen LogP contribution in [0.5, 0.6) is 0 Å². The highest BCUT2D eigenvalue weighted by Crippen LogP contribution is 2.30. The van der Waals surface area contributed by atoms with Crippen molar-refractivity contribution in [2.45, 2.75) is 53.1 Å². The van der Waals surface area contributed by atoms with Gasteiger partial charge in [-0.2, -0.15) is 0 Å². The van der Waals surface area contributed by atoms with Crippen molar-refractivity contribution in [1.29, 1.82) is 0 Å². The third-order valence-corrected chi connectivity index (χ3v) is 6.40. The molecule has 0 spiro atoms. The van der Waals surface area contributed by atoms with E-state index in [-0.39, 0.29) is 29.4 Å². The molecule has 3 rings (SSSR count). The van der Waals surface area contributed by atoms with Gasteiger partial charge in [-0.05, 0) is 58.0 Å². The van der Waals surface area contributed by atoms with Crippen LogP contribution in [0.1, 0.15) is 53.4 Å². The topological polar surface area (TPSA) is 137 Å². The molecule has 38 heavy (non-hydrogen) atoms. The van der Waals surface area contributed by atoms with Crippen molar-refractivity contribution in [3.05, 3.63) is 63.7 Å². The van der Waals surface area contributed by atoms with Crippen LogP contribution in [0.15, 0.2) is 47.3 Å². The Kier molecular flexibility index (Phi) is 8.38. The fourth-order valence-electron chi connectivity index (χ4n) is 4.16. The Morgan fingerprint density at radius 3 is 2.39 bits per heavy atom. The largest absolute Gasteiger partial charge is 0.465 e. The minimum absolute atomic E-state index is 0.0912. The van der Waals surface area contributed by atoms with Gasteiger partial charge in [-0.1, -0.05) is 37.6 Å². The highest BCUT2D eigenvalue weighted by Gasteiger charge is 2.34. The van der Waals surface area contributed by atoms with E-state index in [1.807, 2.05) is 13.8 Å². The quantitative estimate of drug-likeness (QED) is 0.330. The van der Waals surface area contributed by atoms with Gasteiger partial charge in [0.25, 0.3) is 5.56 Å². The van der Waals surface area contributed by atoms with Gasteiger partial charge in [-0.15, -0.1) is 0 Å². The normalized spacial score (nSPS) is 12.7. The first-order chi connectivity index (χ1) is 17.7. The van der Waals surface area contributed by atoms with E-state index in [2.05, 4.69) is 10.6 Å². The maximum absolute atomic E-state index is 13.8. The molecule has 3 amide bonds. The maximum atomic E-state index is 13.8. The van der Waals surface area contributed by atoms with Crippen LogP contribution in [-0.2, 0) is 0 Å². The van der Waals surface area contributed by atoms with Gasteiger partial charge in [0.2, 0.25) is 0 Å². The average molecular weight is 544 g/mol. The molecule has 11 heteroatoms. The number of fused-ring (bicyclic) bond motifs is 1. The second-order valence-corrected chi connectivity index (χ2v) is 11.3.